The molecule has 464 valence electrons. The van der Waals surface area contributed by atoms with Gasteiger partial charge in [-0.25, -0.2) is 0 Å². The number of fused-ring (bicyclic) bond motifs is 16. The second kappa shape index (κ2) is 28.4. The Morgan fingerprint density at radius 1 is 0.136 bits per heavy atom. The van der Waals surface area contributed by atoms with E-state index in [1.54, 1.807) is 114 Å². The van der Waals surface area contributed by atoms with Gasteiger partial charge in [0.15, 0.2) is 0 Å². The number of hydrogen-bond donors (Lipinski definition) is 0. The van der Waals surface area contributed by atoms with Crippen LogP contribution in [0.1, 0.15) is 89.0 Å². The zero-order valence-electron chi connectivity index (χ0n) is 53.4. The first-order chi connectivity index (χ1) is 42.8. The van der Waals surface area contributed by atoms with E-state index < -0.39 is 0 Å². The zero-order chi connectivity index (χ0) is 62.8. The highest BCUT2D eigenvalue weighted by Crippen LogP contribution is 2.46. The molecule has 0 unspecified atom stereocenters. The topological polar surface area (TPSA) is 148 Å². The average Bonchev–Trinajstić information content (AvgIpc) is 2.33. The van der Waals surface area contributed by atoms with Crippen LogP contribution < -0.4 is 75.8 Å². The highest BCUT2D eigenvalue weighted by Gasteiger charge is 2.27. The Kier molecular flexibility index (Phi) is 20.3. The van der Waals surface area contributed by atoms with Gasteiger partial charge < -0.3 is 75.8 Å². The van der Waals surface area contributed by atoms with Crippen molar-refractivity contribution in [2.24, 2.45) is 0 Å². The third-order valence-electron chi connectivity index (χ3n) is 16.3. The van der Waals surface area contributed by atoms with Crippen molar-refractivity contribution in [1.82, 2.24) is 0 Å². The molecule has 0 spiro atoms. The fraction of sp³-hybridized carbons (Fsp3) is 0.333. The molecule has 8 aromatic rings. The summed E-state index contributed by atoms with van der Waals surface area (Å²) < 4.78 is 99.5. The zero-order valence-corrected chi connectivity index (χ0v) is 53.4. The summed E-state index contributed by atoms with van der Waals surface area (Å²) in [4.78, 5) is 0. The monoisotopic (exact) mass is 1200 g/mol. The predicted octanol–water partition coefficient (Wildman–Crippen LogP) is 12.9. The third kappa shape index (κ3) is 13.1. The van der Waals surface area contributed by atoms with Crippen molar-refractivity contribution >= 4 is 0 Å². The lowest BCUT2D eigenvalue weighted by Crippen LogP contribution is -2.08. The maximum atomic E-state index is 6.39. The van der Waals surface area contributed by atoms with E-state index in [2.05, 4.69) is 0 Å². The van der Waals surface area contributed by atoms with E-state index >= 15 is 0 Å². The molecule has 88 heavy (non-hydrogen) atoms. The van der Waals surface area contributed by atoms with Crippen molar-refractivity contribution < 1.29 is 75.8 Å². The van der Waals surface area contributed by atoms with Gasteiger partial charge in [-0.3, -0.25) is 0 Å². The number of methoxy groups -OCH3 is 16. The van der Waals surface area contributed by atoms with Crippen LogP contribution in [0.5, 0.6) is 92.0 Å². The van der Waals surface area contributed by atoms with Crippen LogP contribution in [-0.2, 0) is 51.4 Å². The Bertz CT molecular complexity index is 2890. The Morgan fingerprint density at radius 3 is 0.273 bits per heavy atom. The largest absolute Gasteiger partial charge is 0.497 e. The minimum Gasteiger partial charge on any atom is -0.497 e. The lowest BCUT2D eigenvalue weighted by Gasteiger charge is -2.22. The highest BCUT2D eigenvalue weighted by molar-refractivity contribution is 5.63. The highest BCUT2D eigenvalue weighted by atomic mass is 16.5. The van der Waals surface area contributed by atoms with Gasteiger partial charge in [-0.2, -0.15) is 0 Å². The lowest BCUT2D eigenvalue weighted by atomic mass is 9.90. The molecule has 0 aromatic heterocycles. The molecule has 0 N–H and O–H groups in total. The molecule has 8 aromatic carbocycles. The number of rotatable bonds is 16. The smallest absolute Gasteiger partial charge is 0.126 e. The summed E-state index contributed by atoms with van der Waals surface area (Å²) in [6, 6.07) is 31.9. The fourth-order valence-corrected chi connectivity index (χ4v) is 12.6. The summed E-state index contributed by atoms with van der Waals surface area (Å²) in [7, 11) is 26.7. The van der Waals surface area contributed by atoms with Crippen molar-refractivity contribution in [3.63, 3.8) is 0 Å². The normalized spacial score (nSPS) is 12.2. The van der Waals surface area contributed by atoms with Gasteiger partial charge in [-0.05, 0) is 97.1 Å². The van der Waals surface area contributed by atoms with Gasteiger partial charge in [0, 0.05) is 140 Å². The molecule has 16 bridgehead atoms. The van der Waals surface area contributed by atoms with Gasteiger partial charge in [0.05, 0.1) is 114 Å². The molecule has 0 radical (unpaired) electrons. The summed E-state index contributed by atoms with van der Waals surface area (Å²) in [5.74, 6) is 10.5. The second-order valence-electron chi connectivity index (χ2n) is 21.2. The molecular formula is C72H80O16. The first kappa shape index (κ1) is 63.1. The molecule has 16 nitrogen and oxygen atoms in total. The number of benzene rings is 8. The van der Waals surface area contributed by atoms with Crippen molar-refractivity contribution in [2.45, 2.75) is 51.4 Å². The minimum absolute atomic E-state index is 0.379. The van der Waals surface area contributed by atoms with Gasteiger partial charge in [-0.1, -0.05) is 0 Å². The third-order valence-corrected chi connectivity index (χ3v) is 16.3. The number of hydrogen-bond acceptors (Lipinski definition) is 16. The first-order valence-corrected chi connectivity index (χ1v) is 28.7. The van der Waals surface area contributed by atoms with E-state index in [0.29, 0.717) is 143 Å². The van der Waals surface area contributed by atoms with Crippen LogP contribution in [0.2, 0.25) is 0 Å². The maximum Gasteiger partial charge on any atom is 0.126 e. The van der Waals surface area contributed by atoms with Gasteiger partial charge in [0.2, 0.25) is 0 Å². The van der Waals surface area contributed by atoms with E-state index in [4.69, 9.17) is 75.8 Å². The maximum absolute atomic E-state index is 6.39. The molecule has 0 atom stereocenters. The predicted molar refractivity (Wildman–Crippen MR) is 339 cm³/mol. The minimum atomic E-state index is 0.379. The molecule has 0 aliphatic heterocycles. The summed E-state index contributed by atoms with van der Waals surface area (Å²) in [5, 5.41) is 0. The van der Waals surface area contributed by atoms with Crippen molar-refractivity contribution in [3.05, 3.63) is 186 Å². The molecule has 0 heterocycles. The second-order valence-corrected chi connectivity index (χ2v) is 21.2. The summed E-state index contributed by atoms with van der Waals surface area (Å²) >= 11 is 0. The molecule has 0 fully saturated rings. The van der Waals surface area contributed by atoms with Crippen molar-refractivity contribution in [1.29, 1.82) is 0 Å². The molecule has 1 aliphatic carbocycles. The Morgan fingerprint density at radius 2 is 0.216 bits per heavy atom. The Hall–Kier alpha value is -9.44. The SMILES string of the molecule is COc1cc2c(OC)c(c1)Cc1cc(OC)cc(c1OC)Cc1cc(OC)cc(c1OC)Cc1cc(OC)cc(c1OC)Cc1cc(OC)cc(c1OC)Cc1cc(OC)cc(c1OC)Cc1cc(OC)cc(c1OC)Cc1cc(OC)cc(c1OC)C2. The molecule has 16 heteroatoms. The standard InChI is InChI=1S/C72H80O16/c1-73-57-25-41-17-43-27-58(74-2)29-45(66(43)82-10)19-47-31-60(76-4)33-49(68(47)84-12)21-51-35-62(78-6)37-53(70(51)86-14)23-55-39-64(80-8)40-56(72(55)88-16)24-54-38-63(79-7)36-52(71(54)87-15)22-50-34-61(77-5)32-48(69(50)85-13)20-46-30-59(75-3)28-44(67(46)83-11)18-42(26-57)65(41)81-9/h25-40H,17-24H2,1-16H3. The Labute approximate surface area is 516 Å². The average molecular weight is 1200 g/mol. The fourth-order valence-electron chi connectivity index (χ4n) is 12.6. The van der Waals surface area contributed by atoms with Crippen LogP contribution in [0, 0.1) is 0 Å². The summed E-state index contributed by atoms with van der Waals surface area (Å²) in [5.41, 5.74) is 13.7. The van der Waals surface area contributed by atoms with E-state index in [0.717, 1.165) is 89.0 Å². The van der Waals surface area contributed by atoms with Gasteiger partial charge in [-0.15, -0.1) is 0 Å². The van der Waals surface area contributed by atoms with Crippen LogP contribution >= 0.6 is 0 Å². The van der Waals surface area contributed by atoms with E-state index in [-0.39, 0.29) is 0 Å². The summed E-state index contributed by atoms with van der Waals surface area (Å²) in [6.07, 6.45) is 3.03. The van der Waals surface area contributed by atoms with Crippen LogP contribution in [0.15, 0.2) is 97.1 Å². The van der Waals surface area contributed by atoms with E-state index in [9.17, 15) is 0 Å². The van der Waals surface area contributed by atoms with Gasteiger partial charge >= 0.3 is 0 Å². The van der Waals surface area contributed by atoms with Crippen LogP contribution in [0.25, 0.3) is 0 Å². The molecule has 1 aliphatic rings. The number of ether oxygens (including phenoxy) is 16. The molecule has 0 saturated heterocycles. The van der Waals surface area contributed by atoms with Crippen molar-refractivity contribution in [3.8, 4) is 92.0 Å². The van der Waals surface area contributed by atoms with Gasteiger partial charge in [0.1, 0.15) is 92.0 Å². The quantitative estimate of drug-likeness (QED) is 0.0902. The Balaban J connectivity index is 1.30. The lowest BCUT2D eigenvalue weighted by molar-refractivity contribution is 0.385. The summed E-state index contributed by atoms with van der Waals surface area (Å²) in [6.45, 7) is 0. The van der Waals surface area contributed by atoms with Crippen LogP contribution in [-0.4, -0.2) is 114 Å². The molecule has 9 rings (SSSR count). The van der Waals surface area contributed by atoms with Gasteiger partial charge in [0.25, 0.3) is 0 Å². The molecule has 0 amide bonds. The van der Waals surface area contributed by atoms with Crippen molar-refractivity contribution in [2.75, 3.05) is 114 Å². The van der Waals surface area contributed by atoms with E-state index in [1.165, 1.54) is 0 Å². The molecular weight excluding hydrogens is 1120 g/mol. The van der Waals surface area contributed by atoms with Crippen LogP contribution in [0.3, 0.4) is 0 Å². The van der Waals surface area contributed by atoms with Crippen LogP contribution in [0.4, 0.5) is 0 Å². The van der Waals surface area contributed by atoms with E-state index in [1.807, 2.05) is 97.1 Å². The molecule has 0 saturated carbocycles. The first-order valence-electron chi connectivity index (χ1n) is 28.7.